The Bertz CT molecular complexity index is 2560. The van der Waals surface area contributed by atoms with Crippen LogP contribution in [-0.2, 0) is 23.7 Å². The number of phenolic OH excluding ortho intramolecular Hbond substituents is 2. The molecule has 7 aliphatic heterocycles. The van der Waals surface area contributed by atoms with Crippen molar-refractivity contribution in [2.45, 2.75) is 155 Å². The number of allylic oxidation sites excluding steroid dienone is 2. The van der Waals surface area contributed by atoms with Crippen molar-refractivity contribution in [1.29, 1.82) is 0 Å². The minimum absolute atomic E-state index is 0.0338. The number of hydrogen-bond acceptors (Lipinski definition) is 15. The van der Waals surface area contributed by atoms with Crippen LogP contribution in [-0.4, -0.2) is 124 Å². The molecule has 7 aliphatic rings. The predicted octanol–water partition coefficient (Wildman–Crippen LogP) is 5.62. The van der Waals surface area contributed by atoms with Crippen LogP contribution in [0.5, 0.6) is 17.2 Å². The number of benzene rings is 2. The van der Waals surface area contributed by atoms with E-state index in [0.29, 0.717) is 44.7 Å². The first-order valence-electron chi connectivity index (χ1n) is 24.7. The van der Waals surface area contributed by atoms with Crippen molar-refractivity contribution in [2.75, 3.05) is 32.1 Å². The number of methoxy groups -OCH3 is 1. The number of carbonyl (C=O) groups is 3. The number of likely N-dealkylation sites (tertiary alicyclic amines) is 1. The van der Waals surface area contributed by atoms with Crippen LogP contribution in [0.4, 0.5) is 10.5 Å². The van der Waals surface area contributed by atoms with Crippen LogP contribution in [0.2, 0.25) is 0 Å². The summed E-state index contributed by atoms with van der Waals surface area (Å²) in [5.74, 6) is -6.09. The highest BCUT2D eigenvalue weighted by atomic mass is 16.7. The molecule has 376 valence electrons. The zero-order valence-corrected chi connectivity index (χ0v) is 41.6. The topological polar surface area (TPSA) is 230 Å². The number of aliphatic hydroxyl groups excluding tert-OH is 2. The number of piperidine rings is 1. The Balaban J connectivity index is 1.21. The van der Waals surface area contributed by atoms with E-state index in [9.17, 15) is 34.8 Å². The number of ether oxygens (including phenoxy) is 5. The molecule has 9 rings (SSSR count). The van der Waals surface area contributed by atoms with Crippen LogP contribution in [0.15, 0.2) is 46.1 Å². The third kappa shape index (κ3) is 9.61. The predicted molar refractivity (Wildman–Crippen MR) is 256 cm³/mol. The molecule has 1 spiro atoms. The van der Waals surface area contributed by atoms with E-state index >= 15 is 0 Å². The number of amides is 2. The molecule has 0 aromatic heterocycles. The Hall–Kier alpha value is -5.07. The fourth-order valence-electron chi connectivity index (χ4n) is 11.3. The maximum absolute atomic E-state index is 14.9. The van der Waals surface area contributed by atoms with Crippen LogP contribution in [0, 0.1) is 36.5 Å². The molecule has 7 bridgehead atoms. The number of alkyl carbamates (subject to hydrolysis) is 1. The van der Waals surface area contributed by atoms with Gasteiger partial charge in [0.05, 0.1) is 53.1 Å². The van der Waals surface area contributed by atoms with Crippen LogP contribution >= 0.6 is 0 Å². The molecule has 2 aromatic rings. The Morgan fingerprint density at radius 2 is 1.61 bits per heavy atom. The number of aromatic hydroxyl groups is 2. The van der Waals surface area contributed by atoms with Gasteiger partial charge in [0, 0.05) is 92.7 Å². The fraction of sp³-hybridized carbons (Fsp3) is 0.635. The molecule has 3 fully saturated rings. The molecule has 2 amide bonds. The monoisotopic (exact) mass is 958 g/mol. The van der Waals surface area contributed by atoms with Gasteiger partial charge in [0.25, 0.3) is 11.7 Å². The summed E-state index contributed by atoms with van der Waals surface area (Å²) in [6.07, 6.45) is 7.65. The van der Waals surface area contributed by atoms with Crippen LogP contribution < -0.4 is 26.1 Å². The van der Waals surface area contributed by atoms with Crippen LogP contribution in [0.1, 0.15) is 110 Å². The molecule has 7 heterocycles. The zero-order valence-electron chi connectivity index (χ0n) is 41.6. The molecular weight excluding hydrogens is 887 g/mol. The van der Waals surface area contributed by atoms with Gasteiger partial charge in [-0.2, -0.15) is 0 Å². The number of carbonyl (C=O) groups excluding carboxylic acids is 3. The Morgan fingerprint density at radius 3 is 2.26 bits per heavy atom. The minimum Gasteiger partial charge on any atom is -0.507 e. The van der Waals surface area contributed by atoms with E-state index in [0.717, 1.165) is 19.4 Å². The SMILES string of the molecule is CO[C@H]1/C=C\O[C@@]2(C)Oc3c(C)c(O)c4c(O)c(c5c(c4c3C2=O)=NC2(CCN(CC(C)C)CC2)N=5)NC(=O)/C(C)=C\C=C/[C@H](C)[C@H](O)[C@@H](C)[C@@H](O)[C@@H](C)[C@H](OC(=O)NC2CC3CCC(C2)O3)[C@@H]1C. The van der Waals surface area contributed by atoms with Crippen LogP contribution in [0.3, 0.4) is 0 Å². The van der Waals surface area contributed by atoms with Gasteiger partial charge in [-0.3, -0.25) is 19.6 Å². The van der Waals surface area contributed by atoms with Crippen molar-refractivity contribution in [3.05, 3.63) is 58.0 Å². The molecule has 3 saturated heterocycles. The number of rotatable bonds is 5. The highest BCUT2D eigenvalue weighted by molar-refractivity contribution is 6.19. The van der Waals surface area contributed by atoms with Gasteiger partial charge in [-0.05, 0) is 51.5 Å². The lowest BCUT2D eigenvalue weighted by atomic mass is 9.78. The first-order valence-corrected chi connectivity index (χ1v) is 24.7. The lowest BCUT2D eigenvalue weighted by molar-refractivity contribution is -0.112. The van der Waals surface area contributed by atoms with Crippen molar-refractivity contribution in [1.82, 2.24) is 10.2 Å². The zero-order chi connectivity index (χ0) is 49.9. The summed E-state index contributed by atoms with van der Waals surface area (Å²) in [4.78, 5) is 55.4. The van der Waals surface area contributed by atoms with E-state index in [4.69, 9.17) is 33.7 Å². The van der Waals surface area contributed by atoms with Crippen molar-refractivity contribution >= 4 is 34.2 Å². The van der Waals surface area contributed by atoms with E-state index in [1.165, 1.54) is 20.3 Å². The Morgan fingerprint density at radius 1 is 0.942 bits per heavy atom. The highest BCUT2D eigenvalue weighted by Gasteiger charge is 2.50. The minimum atomic E-state index is -1.98. The number of nitrogens with zero attached hydrogens (tertiary/aromatic N) is 3. The van der Waals surface area contributed by atoms with Gasteiger partial charge in [0.1, 0.15) is 28.6 Å². The summed E-state index contributed by atoms with van der Waals surface area (Å²) in [6, 6.07) is -0.141. The van der Waals surface area contributed by atoms with Gasteiger partial charge in [0.15, 0.2) is 11.4 Å². The van der Waals surface area contributed by atoms with Crippen molar-refractivity contribution in [2.24, 2.45) is 39.6 Å². The third-order valence-corrected chi connectivity index (χ3v) is 15.4. The maximum atomic E-state index is 14.9. The molecule has 69 heavy (non-hydrogen) atoms. The number of aliphatic hydroxyl groups is 2. The molecule has 2 aromatic carbocycles. The Kier molecular flexibility index (Phi) is 14.3. The number of Topliss-reactive ketones (excluding diaryl/α,β-unsaturated/α-hetero) is 1. The summed E-state index contributed by atoms with van der Waals surface area (Å²) in [7, 11) is 1.49. The van der Waals surface area contributed by atoms with Crippen LogP contribution in [0.25, 0.3) is 10.8 Å². The van der Waals surface area contributed by atoms with Gasteiger partial charge < -0.3 is 59.6 Å². The fourth-order valence-corrected chi connectivity index (χ4v) is 11.3. The summed E-state index contributed by atoms with van der Waals surface area (Å²) < 4.78 is 30.7. The first-order chi connectivity index (χ1) is 32.7. The number of anilines is 1. The molecule has 11 atom stereocenters. The molecule has 17 heteroatoms. The van der Waals surface area contributed by atoms with Crippen molar-refractivity contribution in [3.63, 3.8) is 0 Å². The molecule has 0 aliphatic carbocycles. The van der Waals surface area contributed by atoms with Gasteiger partial charge >= 0.3 is 11.9 Å². The largest absolute Gasteiger partial charge is 0.507 e. The smallest absolute Gasteiger partial charge is 0.407 e. The Labute approximate surface area is 403 Å². The van der Waals surface area contributed by atoms with Gasteiger partial charge in [-0.15, -0.1) is 0 Å². The van der Waals surface area contributed by atoms with Crippen molar-refractivity contribution in [3.8, 4) is 17.2 Å². The summed E-state index contributed by atoms with van der Waals surface area (Å²) in [5, 5.41) is 54.0. The maximum Gasteiger partial charge on any atom is 0.407 e. The first kappa shape index (κ1) is 50.3. The van der Waals surface area contributed by atoms with Gasteiger partial charge in [-0.25, -0.2) is 4.79 Å². The van der Waals surface area contributed by atoms with Gasteiger partial charge in [-0.1, -0.05) is 59.8 Å². The average molecular weight is 958 g/mol. The van der Waals surface area contributed by atoms with E-state index in [2.05, 4.69) is 29.4 Å². The number of hydrogen-bond donors (Lipinski definition) is 6. The lowest BCUT2D eigenvalue weighted by Crippen LogP contribution is -2.49. The molecule has 0 radical (unpaired) electrons. The molecule has 17 nitrogen and oxygen atoms in total. The number of fused-ring (bicyclic) bond motifs is 15. The average Bonchev–Trinajstić information content (AvgIpc) is 3.95. The number of ketones is 1. The standard InChI is InChI=1S/C52H71N5O12/c1-25(2)24-57-19-17-52(18-20-57)55-39-36-37-44(60)31(8)47-38(36)48(62)51(9,69-47)66-21-16-35(65-10)28(5)46(68-50(64)53-32-22-33-14-15-34(23-32)67-33)30(7)43(59)29(6)42(58)26(3)12-11-13-27(4)49(63)54-41(45(37)61)40(39)56-52/h11-13,16,21,25-26,28-30,32-35,42-43,46,58-61H,14-15,17-20,22-24H2,1-10H3,(H,53,64)(H,54,63)/b12-11-,21-16-,27-13-/t26-,28+,29+,30+,32?,33?,34?,35-,42-,43+,46+,51-/m0/s1. The van der Waals surface area contributed by atoms with E-state index < -0.39 is 83.1 Å². The summed E-state index contributed by atoms with van der Waals surface area (Å²) in [5.41, 5.74) is -0.592. The normalized spacial score (nSPS) is 35.4. The van der Waals surface area contributed by atoms with Gasteiger partial charge in [0.2, 0.25) is 0 Å². The number of nitrogens with one attached hydrogen (secondary N) is 2. The molecular formula is C52H71N5O12. The second kappa shape index (κ2) is 19.6. The molecule has 0 saturated carbocycles. The third-order valence-electron chi connectivity index (χ3n) is 15.4. The quantitative estimate of drug-likeness (QED) is 0.200. The van der Waals surface area contributed by atoms with Crippen molar-refractivity contribution < 1.29 is 58.5 Å². The lowest BCUT2D eigenvalue weighted by Gasteiger charge is -2.38. The summed E-state index contributed by atoms with van der Waals surface area (Å²) in [6.45, 7) is 18.3. The second-order valence-electron chi connectivity index (χ2n) is 21.0. The number of phenols is 2. The molecule has 2 unspecified atom stereocenters. The summed E-state index contributed by atoms with van der Waals surface area (Å²) >= 11 is 0. The van der Waals surface area contributed by atoms with E-state index in [1.807, 2.05) is 6.92 Å². The molecule has 6 N–H and O–H groups in total. The van der Waals surface area contributed by atoms with E-state index in [1.54, 1.807) is 58.9 Å². The highest BCUT2D eigenvalue weighted by Crippen LogP contribution is 2.50. The second-order valence-corrected chi connectivity index (χ2v) is 21.0. The van der Waals surface area contributed by atoms with E-state index in [-0.39, 0.29) is 73.6 Å².